The average Bonchev–Trinajstić information content (AvgIpc) is 3.09. The molecule has 1 aromatic heterocycles. The van der Waals surface area contributed by atoms with Crippen molar-refractivity contribution >= 4 is 12.0 Å². The van der Waals surface area contributed by atoms with Crippen LogP contribution in [0.15, 0.2) is 18.3 Å². The second-order valence-electron chi connectivity index (χ2n) is 6.01. The predicted octanol–water partition coefficient (Wildman–Crippen LogP) is 1.31. The highest BCUT2D eigenvalue weighted by Crippen LogP contribution is 2.31. The third kappa shape index (κ3) is 4.26. The minimum absolute atomic E-state index is 0.0485. The summed E-state index contributed by atoms with van der Waals surface area (Å²) in [5.74, 6) is -0.545. The molecule has 3 heterocycles. The van der Waals surface area contributed by atoms with Crippen LogP contribution >= 0.6 is 0 Å². The number of amides is 2. The van der Waals surface area contributed by atoms with Gasteiger partial charge in [-0.15, -0.1) is 0 Å². The summed E-state index contributed by atoms with van der Waals surface area (Å²) in [5.41, 5.74) is 1.16. The molecule has 2 aliphatic rings. The van der Waals surface area contributed by atoms with Crippen LogP contribution in [0.3, 0.4) is 0 Å². The number of pyridine rings is 1. The van der Waals surface area contributed by atoms with E-state index in [1.165, 1.54) is 0 Å². The van der Waals surface area contributed by atoms with Crippen LogP contribution < -0.4 is 5.32 Å². The number of carbonyl (C=O) groups is 2. The normalized spacial score (nSPS) is 19.0. The van der Waals surface area contributed by atoms with Gasteiger partial charge in [-0.05, 0) is 19.1 Å². The van der Waals surface area contributed by atoms with Crippen LogP contribution in [0.5, 0.6) is 0 Å². The van der Waals surface area contributed by atoms with Gasteiger partial charge in [-0.1, -0.05) is 0 Å². The van der Waals surface area contributed by atoms with Gasteiger partial charge in [-0.3, -0.25) is 9.78 Å². The Kier molecular flexibility index (Phi) is 5.50. The van der Waals surface area contributed by atoms with E-state index in [1.807, 2.05) is 0 Å². The van der Waals surface area contributed by atoms with Crippen LogP contribution in [-0.4, -0.2) is 60.6 Å². The van der Waals surface area contributed by atoms with Gasteiger partial charge in [-0.25, -0.2) is 4.79 Å². The maximum absolute atomic E-state index is 12.7. The van der Waals surface area contributed by atoms with Crippen molar-refractivity contribution in [3.63, 3.8) is 0 Å². The van der Waals surface area contributed by atoms with E-state index in [9.17, 15) is 9.59 Å². The van der Waals surface area contributed by atoms with Crippen LogP contribution in [0.2, 0.25) is 0 Å². The first-order valence-corrected chi connectivity index (χ1v) is 8.55. The minimum Gasteiger partial charge on any atom is -0.450 e. The number of ether oxygens (including phenoxy) is 3. The number of likely N-dealkylation sites (tertiary alicyclic amines) is 1. The lowest BCUT2D eigenvalue weighted by atomic mass is 10.0. The lowest BCUT2D eigenvalue weighted by molar-refractivity contribution is -0.181. The molecule has 2 aliphatic heterocycles. The SMILES string of the molecule is CCOC(=O)NCc1cc(C(=O)N2CCC3(CC2)OCCO3)ccn1. The number of piperidine rings is 1. The Labute approximate surface area is 146 Å². The fraction of sp³-hybridized carbons (Fsp3) is 0.588. The number of hydrogen-bond donors (Lipinski definition) is 1. The summed E-state index contributed by atoms with van der Waals surface area (Å²) in [4.78, 5) is 30.0. The van der Waals surface area contributed by atoms with Gasteiger partial charge in [0.1, 0.15) is 0 Å². The highest BCUT2D eigenvalue weighted by molar-refractivity contribution is 5.94. The second-order valence-corrected chi connectivity index (χ2v) is 6.01. The fourth-order valence-corrected chi connectivity index (χ4v) is 3.07. The molecule has 1 aromatic rings. The van der Waals surface area contributed by atoms with Crippen molar-refractivity contribution in [1.29, 1.82) is 0 Å². The van der Waals surface area contributed by atoms with Crippen molar-refractivity contribution < 1.29 is 23.8 Å². The van der Waals surface area contributed by atoms with Crippen LogP contribution in [0.25, 0.3) is 0 Å². The molecule has 0 bridgehead atoms. The lowest BCUT2D eigenvalue weighted by Crippen LogP contribution is -2.47. The molecule has 0 atom stereocenters. The zero-order valence-corrected chi connectivity index (χ0v) is 14.3. The lowest BCUT2D eigenvalue weighted by Gasteiger charge is -2.37. The first-order chi connectivity index (χ1) is 12.1. The zero-order chi connectivity index (χ0) is 17.7. The van der Waals surface area contributed by atoms with Crippen LogP contribution in [0.4, 0.5) is 4.79 Å². The molecule has 0 unspecified atom stereocenters. The maximum Gasteiger partial charge on any atom is 0.407 e. The first kappa shape index (κ1) is 17.6. The van der Waals surface area contributed by atoms with Crippen LogP contribution in [0, 0.1) is 0 Å². The molecule has 8 heteroatoms. The van der Waals surface area contributed by atoms with Gasteiger partial charge in [0.2, 0.25) is 0 Å². The van der Waals surface area contributed by atoms with Gasteiger partial charge in [-0.2, -0.15) is 0 Å². The highest BCUT2D eigenvalue weighted by Gasteiger charge is 2.40. The molecular formula is C17H23N3O5. The number of alkyl carbamates (subject to hydrolysis) is 1. The summed E-state index contributed by atoms with van der Waals surface area (Å²) in [6.07, 6.45) is 2.44. The van der Waals surface area contributed by atoms with Crippen LogP contribution in [-0.2, 0) is 20.8 Å². The number of aromatic nitrogens is 1. The molecule has 0 aromatic carbocycles. The van der Waals surface area contributed by atoms with Crippen molar-refractivity contribution in [1.82, 2.24) is 15.2 Å². The topological polar surface area (TPSA) is 90.0 Å². The Bertz CT molecular complexity index is 620. The molecule has 2 fully saturated rings. The average molecular weight is 349 g/mol. The largest absolute Gasteiger partial charge is 0.450 e. The molecule has 2 saturated heterocycles. The van der Waals surface area contributed by atoms with Gasteiger partial charge in [0.05, 0.1) is 32.1 Å². The molecule has 1 N–H and O–H groups in total. The summed E-state index contributed by atoms with van der Waals surface area (Å²) in [6.45, 7) is 4.69. The first-order valence-electron chi connectivity index (χ1n) is 8.55. The Hall–Kier alpha value is -2.19. The van der Waals surface area contributed by atoms with Gasteiger partial charge < -0.3 is 24.4 Å². The van der Waals surface area contributed by atoms with Gasteiger partial charge in [0, 0.05) is 37.7 Å². The minimum atomic E-state index is -0.501. The van der Waals surface area contributed by atoms with Crippen molar-refractivity contribution in [2.24, 2.45) is 0 Å². The maximum atomic E-state index is 12.7. The Morgan fingerprint density at radius 1 is 1.32 bits per heavy atom. The third-order valence-electron chi connectivity index (χ3n) is 4.38. The number of nitrogens with zero attached hydrogens (tertiary/aromatic N) is 2. The van der Waals surface area contributed by atoms with E-state index in [-0.39, 0.29) is 12.5 Å². The van der Waals surface area contributed by atoms with Gasteiger partial charge in [0.25, 0.3) is 5.91 Å². The summed E-state index contributed by atoms with van der Waals surface area (Å²) < 4.78 is 16.2. The van der Waals surface area contributed by atoms with E-state index in [1.54, 1.807) is 30.2 Å². The quantitative estimate of drug-likeness (QED) is 0.881. The molecule has 8 nitrogen and oxygen atoms in total. The van der Waals surface area contributed by atoms with E-state index >= 15 is 0 Å². The molecule has 1 spiro atoms. The number of carbonyl (C=O) groups excluding carboxylic acids is 2. The Morgan fingerprint density at radius 2 is 2.04 bits per heavy atom. The number of nitrogens with one attached hydrogen (secondary N) is 1. The third-order valence-corrected chi connectivity index (χ3v) is 4.38. The van der Waals surface area contributed by atoms with Crippen molar-refractivity contribution in [2.45, 2.75) is 32.1 Å². The van der Waals surface area contributed by atoms with Crippen LogP contribution in [0.1, 0.15) is 35.8 Å². The second kappa shape index (κ2) is 7.79. The smallest absolute Gasteiger partial charge is 0.407 e. The van der Waals surface area contributed by atoms with Crippen molar-refractivity contribution in [3.05, 3.63) is 29.6 Å². The van der Waals surface area contributed by atoms with Crippen molar-refractivity contribution in [3.8, 4) is 0 Å². The molecule has 25 heavy (non-hydrogen) atoms. The van der Waals surface area contributed by atoms with Gasteiger partial charge >= 0.3 is 6.09 Å². The molecular weight excluding hydrogens is 326 g/mol. The fourth-order valence-electron chi connectivity index (χ4n) is 3.07. The number of rotatable bonds is 4. The highest BCUT2D eigenvalue weighted by atomic mass is 16.7. The summed E-state index contributed by atoms with van der Waals surface area (Å²) in [7, 11) is 0. The molecule has 0 radical (unpaired) electrons. The molecule has 0 aliphatic carbocycles. The van der Waals surface area contributed by atoms with Gasteiger partial charge in [0.15, 0.2) is 5.79 Å². The predicted molar refractivity (Wildman–Crippen MR) is 87.9 cm³/mol. The molecule has 2 amide bonds. The Morgan fingerprint density at radius 3 is 2.72 bits per heavy atom. The number of hydrogen-bond acceptors (Lipinski definition) is 6. The van der Waals surface area contributed by atoms with E-state index in [0.717, 1.165) is 0 Å². The van der Waals surface area contributed by atoms with E-state index in [2.05, 4.69) is 10.3 Å². The van der Waals surface area contributed by atoms with E-state index in [4.69, 9.17) is 14.2 Å². The molecule has 0 saturated carbocycles. The summed E-state index contributed by atoms with van der Waals surface area (Å²) in [5, 5.41) is 2.60. The summed E-state index contributed by atoms with van der Waals surface area (Å²) in [6, 6.07) is 3.38. The monoisotopic (exact) mass is 349 g/mol. The zero-order valence-electron chi connectivity index (χ0n) is 14.3. The molecule has 3 rings (SSSR count). The van der Waals surface area contributed by atoms with Crippen molar-refractivity contribution in [2.75, 3.05) is 32.9 Å². The van der Waals surface area contributed by atoms with E-state index < -0.39 is 11.9 Å². The summed E-state index contributed by atoms with van der Waals surface area (Å²) >= 11 is 0. The van der Waals surface area contributed by atoms with E-state index in [0.29, 0.717) is 57.0 Å². The molecule has 136 valence electrons. The standard InChI is InChI=1S/C17H23N3O5/c1-2-23-16(22)19-12-14-11-13(3-6-18-14)15(21)20-7-4-17(5-8-20)24-9-10-25-17/h3,6,11H,2,4-5,7-10,12H2,1H3,(H,19,22). The Balaban J connectivity index is 1.57.